The van der Waals surface area contributed by atoms with E-state index in [-0.39, 0.29) is 23.6 Å². The van der Waals surface area contributed by atoms with Crippen molar-refractivity contribution in [3.8, 4) is 22.3 Å². The van der Waals surface area contributed by atoms with Crippen molar-refractivity contribution in [2.75, 3.05) is 11.9 Å². The van der Waals surface area contributed by atoms with Crippen LogP contribution in [0.15, 0.2) is 60.7 Å². The van der Waals surface area contributed by atoms with E-state index in [1.54, 1.807) is 24.3 Å². The summed E-state index contributed by atoms with van der Waals surface area (Å²) in [6.07, 6.45) is 0. The third-order valence-corrected chi connectivity index (χ3v) is 8.10. The van der Waals surface area contributed by atoms with Crippen molar-refractivity contribution in [1.82, 2.24) is 4.90 Å². The monoisotopic (exact) mass is 528 g/mol. The first kappa shape index (κ1) is 25.4. The fourth-order valence-corrected chi connectivity index (χ4v) is 5.93. The zero-order chi connectivity index (χ0) is 28.6. The van der Waals surface area contributed by atoms with Crippen LogP contribution < -0.4 is 4.90 Å². The molecule has 6 nitrogen and oxygen atoms in total. The highest BCUT2D eigenvalue weighted by molar-refractivity contribution is 6.35. The summed E-state index contributed by atoms with van der Waals surface area (Å²) in [6, 6.07) is 18.9. The number of imide groups is 2. The van der Waals surface area contributed by atoms with Crippen LogP contribution in [0.5, 0.6) is 0 Å². The summed E-state index contributed by atoms with van der Waals surface area (Å²) < 4.78 is 0. The summed E-state index contributed by atoms with van der Waals surface area (Å²) in [7, 11) is 1.47. The summed E-state index contributed by atoms with van der Waals surface area (Å²) in [5.74, 6) is -1.42. The van der Waals surface area contributed by atoms with E-state index in [1.165, 1.54) is 23.1 Å². The molecule has 4 aromatic carbocycles. The van der Waals surface area contributed by atoms with Crippen LogP contribution in [-0.2, 0) is 0 Å². The Hall–Kier alpha value is -4.84. The summed E-state index contributed by atoms with van der Waals surface area (Å²) in [5.41, 5.74) is 10.5. The lowest BCUT2D eigenvalue weighted by molar-refractivity contribution is 0.0692. The molecule has 6 heteroatoms. The maximum Gasteiger partial charge on any atom is 0.266 e. The maximum atomic E-state index is 13.7. The maximum absolute atomic E-state index is 13.7. The van der Waals surface area contributed by atoms with Crippen molar-refractivity contribution in [3.05, 3.63) is 111 Å². The van der Waals surface area contributed by atoms with Crippen LogP contribution in [-0.4, -0.2) is 35.6 Å². The molecule has 198 valence electrons. The largest absolute Gasteiger partial charge is 0.277 e. The third kappa shape index (κ3) is 3.63. The average Bonchev–Trinajstić information content (AvgIpc) is 3.27. The molecule has 6 rings (SSSR count). The van der Waals surface area contributed by atoms with Gasteiger partial charge in [0.05, 0.1) is 27.9 Å². The highest BCUT2D eigenvalue weighted by Gasteiger charge is 2.38. The zero-order valence-corrected chi connectivity index (χ0v) is 23.3. The number of rotatable bonds is 3. The van der Waals surface area contributed by atoms with E-state index in [0.717, 1.165) is 43.8 Å². The van der Waals surface area contributed by atoms with Crippen molar-refractivity contribution >= 4 is 29.3 Å². The Balaban J connectivity index is 1.40. The van der Waals surface area contributed by atoms with Gasteiger partial charge in [0.1, 0.15) is 0 Å². The van der Waals surface area contributed by atoms with Gasteiger partial charge in [0.15, 0.2) is 0 Å². The second-order valence-corrected chi connectivity index (χ2v) is 10.9. The van der Waals surface area contributed by atoms with Crippen LogP contribution in [0, 0.1) is 34.6 Å². The quantitative estimate of drug-likeness (QED) is 0.281. The Labute approximate surface area is 232 Å². The lowest BCUT2D eigenvalue weighted by atomic mass is 9.90. The van der Waals surface area contributed by atoms with Crippen molar-refractivity contribution in [2.45, 2.75) is 34.6 Å². The first-order valence-electron chi connectivity index (χ1n) is 13.2. The van der Waals surface area contributed by atoms with Gasteiger partial charge in [-0.25, -0.2) is 4.90 Å². The highest BCUT2D eigenvalue weighted by atomic mass is 16.2. The number of benzene rings is 4. The Morgan fingerprint density at radius 1 is 0.425 bits per heavy atom. The predicted molar refractivity (Wildman–Crippen MR) is 155 cm³/mol. The van der Waals surface area contributed by atoms with Crippen molar-refractivity contribution in [2.24, 2.45) is 0 Å². The van der Waals surface area contributed by atoms with Gasteiger partial charge < -0.3 is 0 Å². The molecular formula is C34H28N2O4. The van der Waals surface area contributed by atoms with Crippen molar-refractivity contribution in [3.63, 3.8) is 0 Å². The number of fused-ring (bicyclic) bond motifs is 2. The molecule has 0 bridgehead atoms. The van der Waals surface area contributed by atoms with Crippen LogP contribution in [0.4, 0.5) is 5.69 Å². The van der Waals surface area contributed by atoms with Gasteiger partial charge in [-0.05, 0) is 116 Å². The van der Waals surface area contributed by atoms with Crippen LogP contribution >= 0.6 is 0 Å². The van der Waals surface area contributed by atoms with Gasteiger partial charge in [-0.2, -0.15) is 0 Å². The van der Waals surface area contributed by atoms with Gasteiger partial charge in [-0.3, -0.25) is 24.1 Å². The topological polar surface area (TPSA) is 74.8 Å². The van der Waals surface area contributed by atoms with Crippen LogP contribution in [0.2, 0.25) is 0 Å². The minimum atomic E-state index is -0.385. The molecule has 0 aliphatic carbocycles. The molecule has 0 atom stereocenters. The normalized spacial score (nSPS) is 14.3. The molecule has 2 aliphatic heterocycles. The summed E-state index contributed by atoms with van der Waals surface area (Å²) in [6.45, 7) is 9.88. The van der Waals surface area contributed by atoms with E-state index < -0.39 is 0 Å². The lowest BCUT2D eigenvalue weighted by Gasteiger charge is -2.17. The highest BCUT2D eigenvalue weighted by Crippen LogP contribution is 2.38. The van der Waals surface area contributed by atoms with E-state index in [9.17, 15) is 19.2 Å². The van der Waals surface area contributed by atoms with E-state index in [2.05, 4.69) is 32.0 Å². The van der Waals surface area contributed by atoms with Gasteiger partial charge >= 0.3 is 0 Å². The first-order chi connectivity index (χ1) is 19.0. The second kappa shape index (κ2) is 8.85. The first-order valence-corrected chi connectivity index (χ1v) is 13.2. The summed E-state index contributed by atoms with van der Waals surface area (Å²) in [4.78, 5) is 54.6. The molecule has 0 aromatic heterocycles. The molecule has 0 saturated carbocycles. The van der Waals surface area contributed by atoms with Crippen molar-refractivity contribution < 1.29 is 19.2 Å². The average molecular weight is 529 g/mol. The number of anilines is 1. The minimum Gasteiger partial charge on any atom is -0.277 e. The minimum absolute atomic E-state index is 0.320. The molecule has 40 heavy (non-hydrogen) atoms. The van der Waals surface area contributed by atoms with Crippen LogP contribution in [0.3, 0.4) is 0 Å². The number of nitrogens with zero attached hydrogens (tertiary/aromatic N) is 2. The van der Waals surface area contributed by atoms with Crippen molar-refractivity contribution in [1.29, 1.82) is 0 Å². The van der Waals surface area contributed by atoms with Crippen LogP contribution in [0.1, 0.15) is 69.2 Å². The van der Waals surface area contributed by atoms with Gasteiger partial charge in [0, 0.05) is 7.05 Å². The van der Waals surface area contributed by atoms with Crippen LogP contribution in [0.25, 0.3) is 22.3 Å². The number of aryl methyl sites for hydroxylation is 5. The molecule has 2 aliphatic rings. The second-order valence-electron chi connectivity index (χ2n) is 10.9. The number of hydrogen-bond acceptors (Lipinski definition) is 4. The Morgan fingerprint density at radius 2 is 0.850 bits per heavy atom. The molecule has 0 radical (unpaired) electrons. The standard InChI is InChI=1S/C34H28N2O4/c1-17-7-9-23(18(2)11-17)24-10-8-22(12-19(24)3)36-33(39)28-14-21(5)26(16-30(28)34(36)40)25-15-29-27(13-20(25)4)31(37)35(6)32(29)38/h7-16H,1-6H3. The summed E-state index contributed by atoms with van der Waals surface area (Å²) >= 11 is 0. The Kier molecular flexibility index (Phi) is 5.63. The lowest BCUT2D eigenvalue weighted by Crippen LogP contribution is -2.29. The van der Waals surface area contributed by atoms with Gasteiger partial charge in [-0.1, -0.05) is 29.8 Å². The Bertz CT molecular complexity index is 1850. The smallest absolute Gasteiger partial charge is 0.266 e. The number of hydrogen-bond donors (Lipinski definition) is 0. The number of carbonyl (C=O) groups is 4. The van der Waals surface area contributed by atoms with Gasteiger partial charge in [0.2, 0.25) is 0 Å². The third-order valence-electron chi connectivity index (χ3n) is 8.10. The Morgan fingerprint density at radius 3 is 1.38 bits per heavy atom. The fraction of sp³-hybridized carbons (Fsp3) is 0.176. The van der Waals surface area contributed by atoms with Gasteiger partial charge in [0.25, 0.3) is 23.6 Å². The van der Waals surface area contributed by atoms with E-state index >= 15 is 0 Å². The van der Waals surface area contributed by atoms with Gasteiger partial charge in [-0.15, -0.1) is 0 Å². The van der Waals surface area contributed by atoms with E-state index in [1.807, 2.05) is 39.0 Å². The number of amides is 4. The molecule has 0 spiro atoms. The molecule has 0 saturated heterocycles. The van der Waals surface area contributed by atoms with E-state index in [4.69, 9.17) is 0 Å². The molecular weight excluding hydrogens is 500 g/mol. The summed E-state index contributed by atoms with van der Waals surface area (Å²) in [5, 5.41) is 0. The predicted octanol–water partition coefficient (Wildman–Crippen LogP) is 6.59. The molecule has 0 fully saturated rings. The molecule has 4 aromatic rings. The molecule has 2 heterocycles. The molecule has 4 amide bonds. The number of carbonyl (C=O) groups excluding carboxylic acids is 4. The fourth-order valence-electron chi connectivity index (χ4n) is 5.93. The molecule has 0 N–H and O–H groups in total. The SMILES string of the molecule is Cc1ccc(-c2ccc(N3C(=O)c4cc(C)c(-c5cc6c(cc5C)C(=O)N(C)C6=O)cc4C3=O)cc2C)c(C)c1. The zero-order valence-electron chi connectivity index (χ0n) is 23.3. The van der Waals surface area contributed by atoms with E-state index in [0.29, 0.717) is 27.9 Å². The molecule has 0 unspecified atom stereocenters.